The van der Waals surface area contributed by atoms with E-state index in [4.69, 9.17) is 15.9 Å². The second-order valence-corrected chi connectivity index (χ2v) is 7.94. The van der Waals surface area contributed by atoms with Gasteiger partial charge in [-0.1, -0.05) is 36.3 Å². The maximum atomic E-state index is 12.7. The van der Waals surface area contributed by atoms with Gasteiger partial charge >= 0.3 is 0 Å². The van der Waals surface area contributed by atoms with Crippen molar-refractivity contribution in [2.75, 3.05) is 13.7 Å². The van der Waals surface area contributed by atoms with E-state index in [1.165, 1.54) is 12.0 Å². The first-order chi connectivity index (χ1) is 13.5. The molecule has 5 nitrogen and oxygen atoms in total. The fourth-order valence-corrected chi connectivity index (χ4v) is 4.25. The van der Waals surface area contributed by atoms with E-state index in [2.05, 4.69) is 28.5 Å². The lowest BCUT2D eigenvalue weighted by atomic mass is 10.1. The minimum atomic E-state index is -0.305. The summed E-state index contributed by atoms with van der Waals surface area (Å²) in [6, 6.07) is 13.0. The average molecular weight is 505 g/mol. The van der Waals surface area contributed by atoms with E-state index in [1.807, 2.05) is 36.4 Å². The third kappa shape index (κ3) is 4.51. The summed E-state index contributed by atoms with van der Waals surface area (Å²) in [6.45, 7) is 0.382. The van der Waals surface area contributed by atoms with Crippen LogP contribution in [0.25, 0.3) is 6.08 Å². The number of amides is 2. The number of carbonyl (C=O) groups is 2. The number of nitrogens with zero attached hydrogens (tertiary/aromatic N) is 1. The summed E-state index contributed by atoms with van der Waals surface area (Å²) in [6.07, 6.45) is 6.93. The monoisotopic (exact) mass is 505 g/mol. The zero-order valence-corrected chi connectivity index (χ0v) is 18.0. The van der Waals surface area contributed by atoms with Gasteiger partial charge in [0, 0.05) is 0 Å². The lowest BCUT2D eigenvalue weighted by Gasteiger charge is -2.13. The number of carbonyl (C=O) groups excluding carboxylic acids is 2. The first-order valence-corrected chi connectivity index (χ1v) is 10.2. The molecule has 1 saturated heterocycles. The summed E-state index contributed by atoms with van der Waals surface area (Å²) in [4.78, 5) is 26.6. The molecule has 2 aromatic rings. The Labute approximate surface area is 181 Å². The molecule has 0 aromatic heterocycles. The van der Waals surface area contributed by atoms with Gasteiger partial charge in [0.1, 0.15) is 6.61 Å². The standard InChI is InChI=1S/C21H16INO4S/c1-3-9-27-19-16(22)10-15(11-17(19)26-2)12-18-20(24)23(21(25)28-18)13-14-7-5-4-6-8-14/h1,4-8,10-12H,9,13H2,2H3. The highest BCUT2D eigenvalue weighted by atomic mass is 127. The van der Waals surface area contributed by atoms with Crippen molar-refractivity contribution in [1.29, 1.82) is 0 Å². The van der Waals surface area contributed by atoms with Crippen molar-refractivity contribution < 1.29 is 19.1 Å². The molecule has 0 aliphatic carbocycles. The number of hydrogen-bond acceptors (Lipinski definition) is 5. The van der Waals surface area contributed by atoms with Crippen LogP contribution in [-0.2, 0) is 11.3 Å². The van der Waals surface area contributed by atoms with Crippen molar-refractivity contribution in [1.82, 2.24) is 4.90 Å². The van der Waals surface area contributed by atoms with Gasteiger partial charge in [-0.05, 0) is 63.7 Å². The molecule has 0 radical (unpaired) electrons. The van der Waals surface area contributed by atoms with E-state index in [1.54, 1.807) is 12.1 Å². The third-order valence-electron chi connectivity index (χ3n) is 3.91. The molecule has 142 valence electrons. The molecule has 1 fully saturated rings. The molecule has 1 aliphatic heterocycles. The van der Waals surface area contributed by atoms with Crippen molar-refractivity contribution in [2.24, 2.45) is 0 Å². The minimum Gasteiger partial charge on any atom is -0.493 e. The average Bonchev–Trinajstić information content (AvgIpc) is 2.95. The number of terminal acetylenes is 1. The fraction of sp³-hybridized carbons (Fsp3) is 0.143. The van der Waals surface area contributed by atoms with Gasteiger partial charge in [0.05, 0.1) is 22.1 Å². The molecule has 1 heterocycles. The highest BCUT2D eigenvalue weighted by Crippen LogP contribution is 2.37. The van der Waals surface area contributed by atoms with E-state index in [0.29, 0.717) is 16.4 Å². The predicted octanol–water partition coefficient (Wildman–Crippen LogP) is 4.55. The smallest absolute Gasteiger partial charge is 0.293 e. The second kappa shape index (κ2) is 9.17. The molecule has 0 N–H and O–H groups in total. The van der Waals surface area contributed by atoms with Crippen LogP contribution in [0.4, 0.5) is 4.79 Å². The second-order valence-electron chi connectivity index (χ2n) is 5.78. The van der Waals surface area contributed by atoms with E-state index in [9.17, 15) is 9.59 Å². The first kappa shape index (κ1) is 20.3. The zero-order chi connectivity index (χ0) is 20.1. The Morgan fingerprint density at radius 2 is 2.00 bits per heavy atom. The molecule has 0 atom stereocenters. The van der Waals surface area contributed by atoms with E-state index in [-0.39, 0.29) is 24.3 Å². The van der Waals surface area contributed by atoms with Gasteiger partial charge in [0.15, 0.2) is 11.5 Å². The first-order valence-electron chi connectivity index (χ1n) is 8.26. The Morgan fingerprint density at radius 1 is 1.25 bits per heavy atom. The van der Waals surface area contributed by atoms with Gasteiger partial charge in [0.2, 0.25) is 0 Å². The number of hydrogen-bond donors (Lipinski definition) is 0. The highest BCUT2D eigenvalue weighted by Gasteiger charge is 2.35. The van der Waals surface area contributed by atoms with Crippen LogP contribution in [-0.4, -0.2) is 29.8 Å². The number of imide groups is 1. The Bertz CT molecular complexity index is 982. The van der Waals surface area contributed by atoms with Gasteiger partial charge in [-0.15, -0.1) is 6.42 Å². The zero-order valence-electron chi connectivity index (χ0n) is 15.0. The van der Waals surface area contributed by atoms with Crippen molar-refractivity contribution >= 4 is 51.6 Å². The molecule has 0 saturated carbocycles. The maximum Gasteiger partial charge on any atom is 0.293 e. The van der Waals surface area contributed by atoms with Crippen LogP contribution in [0.3, 0.4) is 0 Å². The van der Waals surface area contributed by atoms with Gasteiger partial charge in [-0.3, -0.25) is 14.5 Å². The van der Waals surface area contributed by atoms with Crippen LogP contribution in [0, 0.1) is 15.9 Å². The fourth-order valence-electron chi connectivity index (χ4n) is 2.63. The van der Waals surface area contributed by atoms with E-state index in [0.717, 1.165) is 26.5 Å². The van der Waals surface area contributed by atoms with E-state index >= 15 is 0 Å². The number of rotatable bonds is 6. The summed E-state index contributed by atoms with van der Waals surface area (Å²) in [7, 11) is 1.53. The Balaban J connectivity index is 1.85. The Hall–Kier alpha value is -2.44. The SMILES string of the molecule is C#CCOc1c(I)cc(C=C2SC(=O)N(Cc3ccccc3)C2=O)cc1OC. The summed E-state index contributed by atoms with van der Waals surface area (Å²) >= 11 is 3.05. The summed E-state index contributed by atoms with van der Waals surface area (Å²) in [5.74, 6) is 3.18. The van der Waals surface area contributed by atoms with Crippen LogP contribution in [0.15, 0.2) is 47.4 Å². The molecular formula is C21H16INO4S. The number of thioether (sulfide) groups is 1. The summed E-state index contributed by atoms with van der Waals surface area (Å²) in [5.41, 5.74) is 1.64. The highest BCUT2D eigenvalue weighted by molar-refractivity contribution is 14.1. The third-order valence-corrected chi connectivity index (χ3v) is 5.62. The largest absolute Gasteiger partial charge is 0.493 e. The van der Waals surface area contributed by atoms with Gasteiger partial charge in [-0.2, -0.15) is 0 Å². The van der Waals surface area contributed by atoms with Crippen LogP contribution in [0.5, 0.6) is 11.5 Å². The van der Waals surface area contributed by atoms with Crippen molar-refractivity contribution in [2.45, 2.75) is 6.54 Å². The van der Waals surface area contributed by atoms with Crippen molar-refractivity contribution in [3.63, 3.8) is 0 Å². The van der Waals surface area contributed by atoms with Gasteiger partial charge in [-0.25, -0.2) is 0 Å². The number of methoxy groups -OCH3 is 1. The molecular weight excluding hydrogens is 489 g/mol. The predicted molar refractivity (Wildman–Crippen MR) is 118 cm³/mol. The van der Waals surface area contributed by atoms with E-state index < -0.39 is 0 Å². The number of ether oxygens (including phenoxy) is 2. The summed E-state index contributed by atoms with van der Waals surface area (Å²) < 4.78 is 11.7. The van der Waals surface area contributed by atoms with Crippen molar-refractivity contribution in [3.05, 3.63) is 62.1 Å². The topological polar surface area (TPSA) is 55.8 Å². The number of benzene rings is 2. The summed E-state index contributed by atoms with van der Waals surface area (Å²) in [5, 5.41) is -0.282. The van der Waals surface area contributed by atoms with Crippen LogP contribution in [0.1, 0.15) is 11.1 Å². The molecule has 0 bridgehead atoms. The van der Waals surface area contributed by atoms with Crippen molar-refractivity contribution in [3.8, 4) is 23.8 Å². The van der Waals surface area contributed by atoms with Gasteiger partial charge in [0.25, 0.3) is 11.1 Å². The molecule has 2 amide bonds. The Morgan fingerprint density at radius 3 is 2.68 bits per heavy atom. The van der Waals surface area contributed by atoms with Crippen LogP contribution in [0.2, 0.25) is 0 Å². The quantitative estimate of drug-likeness (QED) is 0.328. The normalized spacial score (nSPS) is 15.0. The molecule has 0 unspecified atom stereocenters. The minimum absolute atomic E-state index is 0.129. The molecule has 28 heavy (non-hydrogen) atoms. The maximum absolute atomic E-state index is 12.7. The lowest BCUT2D eigenvalue weighted by Crippen LogP contribution is -2.27. The molecule has 7 heteroatoms. The lowest BCUT2D eigenvalue weighted by molar-refractivity contribution is -0.123. The van der Waals surface area contributed by atoms with Gasteiger partial charge < -0.3 is 9.47 Å². The van der Waals surface area contributed by atoms with Crippen LogP contribution < -0.4 is 9.47 Å². The molecule has 3 rings (SSSR count). The molecule has 1 aliphatic rings. The number of halogens is 1. The molecule has 0 spiro atoms. The van der Waals surface area contributed by atoms with Crippen LogP contribution >= 0.6 is 34.4 Å². The molecule has 2 aromatic carbocycles. The Kier molecular flexibility index (Phi) is 6.65.